The standard InChI is InChI=1S/C16H14N2O2S/c1-18(16(19)9-8-12-5-4-10-20-12)11-15-17-13-6-2-3-7-14(13)21-15/h2-10H,11H2,1H3. The Bertz CT molecular complexity index is 742. The van der Waals surface area contributed by atoms with E-state index in [0.29, 0.717) is 12.3 Å². The molecule has 5 heteroatoms. The summed E-state index contributed by atoms with van der Waals surface area (Å²) in [5, 5.41) is 0.929. The second-order valence-electron chi connectivity index (χ2n) is 4.62. The molecule has 3 rings (SSSR count). The number of benzene rings is 1. The minimum atomic E-state index is -0.0781. The number of thiazole rings is 1. The van der Waals surface area contributed by atoms with Gasteiger partial charge in [0.1, 0.15) is 10.8 Å². The Hall–Kier alpha value is -2.40. The summed E-state index contributed by atoms with van der Waals surface area (Å²) in [6.07, 6.45) is 4.75. The number of aromatic nitrogens is 1. The van der Waals surface area contributed by atoms with Crippen molar-refractivity contribution in [3.63, 3.8) is 0 Å². The molecule has 0 aliphatic rings. The fraction of sp³-hybridized carbons (Fsp3) is 0.125. The average Bonchev–Trinajstić information content (AvgIpc) is 3.13. The number of carbonyl (C=O) groups excluding carboxylic acids is 1. The van der Waals surface area contributed by atoms with E-state index in [0.717, 1.165) is 15.2 Å². The Morgan fingerprint density at radius 3 is 2.95 bits per heavy atom. The van der Waals surface area contributed by atoms with Gasteiger partial charge in [0.15, 0.2) is 0 Å². The zero-order valence-electron chi connectivity index (χ0n) is 11.5. The van der Waals surface area contributed by atoms with E-state index >= 15 is 0 Å². The van der Waals surface area contributed by atoms with Gasteiger partial charge in [0, 0.05) is 13.1 Å². The van der Waals surface area contributed by atoms with Crippen LogP contribution >= 0.6 is 11.3 Å². The summed E-state index contributed by atoms with van der Waals surface area (Å²) in [6, 6.07) is 11.6. The molecule has 0 aliphatic heterocycles. The van der Waals surface area contributed by atoms with Crippen molar-refractivity contribution in [2.45, 2.75) is 6.54 Å². The number of fused-ring (bicyclic) bond motifs is 1. The molecule has 2 heterocycles. The van der Waals surface area contributed by atoms with Crippen molar-refractivity contribution in [3.8, 4) is 0 Å². The highest BCUT2D eigenvalue weighted by Crippen LogP contribution is 2.22. The minimum Gasteiger partial charge on any atom is -0.465 e. The summed E-state index contributed by atoms with van der Waals surface area (Å²) < 4.78 is 6.29. The first-order valence-corrected chi connectivity index (χ1v) is 7.35. The van der Waals surface area contributed by atoms with Gasteiger partial charge in [-0.2, -0.15) is 0 Å². The molecule has 0 N–H and O–H groups in total. The van der Waals surface area contributed by atoms with E-state index in [1.165, 1.54) is 6.08 Å². The van der Waals surface area contributed by atoms with Crippen molar-refractivity contribution >= 4 is 33.5 Å². The summed E-state index contributed by atoms with van der Waals surface area (Å²) in [5.74, 6) is 0.586. The van der Waals surface area contributed by atoms with Gasteiger partial charge in [-0.1, -0.05) is 12.1 Å². The van der Waals surface area contributed by atoms with Crippen LogP contribution in [-0.4, -0.2) is 22.8 Å². The molecule has 2 aromatic heterocycles. The van der Waals surface area contributed by atoms with Crippen LogP contribution in [0.3, 0.4) is 0 Å². The smallest absolute Gasteiger partial charge is 0.246 e. The lowest BCUT2D eigenvalue weighted by Crippen LogP contribution is -2.23. The molecule has 21 heavy (non-hydrogen) atoms. The van der Waals surface area contributed by atoms with Gasteiger partial charge >= 0.3 is 0 Å². The minimum absolute atomic E-state index is 0.0781. The van der Waals surface area contributed by atoms with Crippen LogP contribution in [0, 0.1) is 0 Å². The highest BCUT2D eigenvalue weighted by Gasteiger charge is 2.09. The monoisotopic (exact) mass is 298 g/mol. The maximum Gasteiger partial charge on any atom is 0.246 e. The van der Waals surface area contributed by atoms with E-state index in [9.17, 15) is 4.79 Å². The van der Waals surface area contributed by atoms with Crippen molar-refractivity contribution < 1.29 is 9.21 Å². The Balaban J connectivity index is 1.67. The first-order chi connectivity index (χ1) is 10.2. The third kappa shape index (κ3) is 3.20. The molecule has 0 fully saturated rings. The molecule has 106 valence electrons. The Kier molecular flexibility index (Phi) is 3.83. The number of amides is 1. The highest BCUT2D eigenvalue weighted by atomic mass is 32.1. The van der Waals surface area contributed by atoms with Gasteiger partial charge in [0.05, 0.1) is 23.0 Å². The summed E-state index contributed by atoms with van der Waals surface area (Å²) in [7, 11) is 1.76. The van der Waals surface area contributed by atoms with Crippen LogP contribution in [0.25, 0.3) is 16.3 Å². The molecule has 4 nitrogen and oxygen atoms in total. The molecular formula is C16H14N2O2S. The summed E-state index contributed by atoms with van der Waals surface area (Å²) >= 11 is 1.61. The van der Waals surface area contributed by atoms with Crippen LogP contribution in [-0.2, 0) is 11.3 Å². The Morgan fingerprint density at radius 1 is 1.33 bits per heavy atom. The molecule has 0 spiro atoms. The molecule has 0 saturated carbocycles. The zero-order chi connectivity index (χ0) is 14.7. The molecular weight excluding hydrogens is 284 g/mol. The molecule has 0 aliphatic carbocycles. The number of para-hydroxylation sites is 1. The zero-order valence-corrected chi connectivity index (χ0v) is 12.3. The fourth-order valence-electron chi connectivity index (χ4n) is 1.94. The normalized spacial score (nSPS) is 11.3. The van der Waals surface area contributed by atoms with Crippen molar-refractivity contribution in [2.75, 3.05) is 7.05 Å². The molecule has 1 amide bonds. The maximum absolute atomic E-state index is 12.0. The Labute approximate surface area is 126 Å². The Morgan fingerprint density at radius 2 is 2.19 bits per heavy atom. The largest absolute Gasteiger partial charge is 0.465 e. The van der Waals surface area contributed by atoms with Crippen molar-refractivity contribution in [1.82, 2.24) is 9.88 Å². The van der Waals surface area contributed by atoms with Crippen LogP contribution in [0.2, 0.25) is 0 Å². The first kappa shape index (κ1) is 13.6. The molecule has 1 aromatic carbocycles. The lowest BCUT2D eigenvalue weighted by molar-refractivity contribution is -0.125. The van der Waals surface area contributed by atoms with Crippen LogP contribution in [0.5, 0.6) is 0 Å². The summed E-state index contributed by atoms with van der Waals surface area (Å²) in [5.41, 5.74) is 0.976. The number of hydrogen-bond acceptors (Lipinski definition) is 4. The second kappa shape index (κ2) is 5.93. The van der Waals surface area contributed by atoms with Gasteiger partial charge in [0.2, 0.25) is 5.91 Å². The topological polar surface area (TPSA) is 46.3 Å². The lowest BCUT2D eigenvalue weighted by atomic mass is 10.3. The van der Waals surface area contributed by atoms with Gasteiger partial charge in [0.25, 0.3) is 0 Å². The predicted molar refractivity (Wildman–Crippen MR) is 83.8 cm³/mol. The van der Waals surface area contributed by atoms with E-state index in [4.69, 9.17) is 4.42 Å². The summed E-state index contributed by atoms with van der Waals surface area (Å²) in [4.78, 5) is 18.2. The van der Waals surface area contributed by atoms with Crippen LogP contribution < -0.4 is 0 Å². The van der Waals surface area contributed by atoms with Crippen molar-refractivity contribution in [3.05, 3.63) is 59.5 Å². The average molecular weight is 298 g/mol. The van der Waals surface area contributed by atoms with Crippen LogP contribution in [0.15, 0.2) is 53.2 Å². The van der Waals surface area contributed by atoms with E-state index in [-0.39, 0.29) is 5.91 Å². The third-order valence-electron chi connectivity index (χ3n) is 3.02. The van der Waals surface area contributed by atoms with Gasteiger partial charge < -0.3 is 9.32 Å². The number of hydrogen-bond donors (Lipinski definition) is 0. The number of carbonyl (C=O) groups is 1. The quantitative estimate of drug-likeness (QED) is 0.692. The fourth-order valence-corrected chi connectivity index (χ4v) is 2.96. The number of likely N-dealkylation sites (N-methyl/N-ethyl adjacent to an activating group) is 1. The van der Waals surface area contributed by atoms with Crippen molar-refractivity contribution in [1.29, 1.82) is 0 Å². The molecule has 0 unspecified atom stereocenters. The molecule has 0 radical (unpaired) electrons. The molecule has 3 aromatic rings. The van der Waals surface area contributed by atoms with Gasteiger partial charge in [-0.25, -0.2) is 4.98 Å². The van der Waals surface area contributed by atoms with Crippen molar-refractivity contribution in [2.24, 2.45) is 0 Å². The number of nitrogens with zero attached hydrogens (tertiary/aromatic N) is 2. The summed E-state index contributed by atoms with van der Waals surface area (Å²) in [6.45, 7) is 0.501. The maximum atomic E-state index is 12.0. The first-order valence-electron chi connectivity index (χ1n) is 6.53. The molecule has 0 bridgehead atoms. The second-order valence-corrected chi connectivity index (χ2v) is 5.73. The van der Waals surface area contributed by atoms with E-state index in [2.05, 4.69) is 4.98 Å². The van der Waals surface area contributed by atoms with Gasteiger partial charge in [-0.15, -0.1) is 11.3 Å². The van der Waals surface area contributed by atoms with E-state index < -0.39 is 0 Å². The van der Waals surface area contributed by atoms with E-state index in [1.54, 1.807) is 47.8 Å². The lowest BCUT2D eigenvalue weighted by Gasteiger charge is -2.12. The number of rotatable bonds is 4. The van der Waals surface area contributed by atoms with Crippen LogP contribution in [0.4, 0.5) is 0 Å². The SMILES string of the molecule is CN(Cc1nc2ccccc2s1)C(=O)C=Cc1ccco1. The number of furan rings is 1. The predicted octanol–water partition coefficient (Wildman–Crippen LogP) is 3.56. The van der Waals surface area contributed by atoms with Gasteiger partial charge in [-0.05, 0) is 30.3 Å². The highest BCUT2D eigenvalue weighted by molar-refractivity contribution is 7.18. The van der Waals surface area contributed by atoms with Crippen LogP contribution in [0.1, 0.15) is 10.8 Å². The third-order valence-corrected chi connectivity index (χ3v) is 4.04. The van der Waals surface area contributed by atoms with E-state index in [1.807, 2.05) is 24.3 Å². The van der Waals surface area contributed by atoms with Gasteiger partial charge in [-0.3, -0.25) is 4.79 Å². The molecule has 0 atom stereocenters. The molecule has 0 saturated heterocycles.